The van der Waals surface area contributed by atoms with Crippen LogP contribution >= 0.6 is 0 Å². The molecule has 0 bridgehead atoms. The Labute approximate surface area is 125 Å². The summed E-state index contributed by atoms with van der Waals surface area (Å²) in [5.41, 5.74) is -1.05. The van der Waals surface area contributed by atoms with Gasteiger partial charge in [-0.05, 0) is 25.5 Å². The van der Waals surface area contributed by atoms with Crippen molar-refractivity contribution < 1.29 is 13.5 Å². The first-order chi connectivity index (χ1) is 9.86. The van der Waals surface area contributed by atoms with Gasteiger partial charge in [0, 0.05) is 29.7 Å². The standard InChI is InChI=1S/C15H20N2O3S/c1-3-8-15(2,18)11-17-21(19,20)14-6-4-5-12-10-16-9-7-13(12)14/h4-7,9-10,17-18H,3,8,11H2,1-2H3. The number of sulfonamides is 1. The number of nitrogens with zero attached hydrogens (tertiary/aromatic N) is 1. The van der Waals surface area contributed by atoms with E-state index >= 15 is 0 Å². The number of rotatable bonds is 6. The van der Waals surface area contributed by atoms with Crippen molar-refractivity contribution in [2.45, 2.75) is 37.2 Å². The molecule has 0 fully saturated rings. The number of nitrogens with one attached hydrogen (secondary N) is 1. The number of fused-ring (bicyclic) bond motifs is 1. The van der Waals surface area contributed by atoms with Crippen molar-refractivity contribution >= 4 is 20.8 Å². The summed E-state index contributed by atoms with van der Waals surface area (Å²) < 4.78 is 27.4. The van der Waals surface area contributed by atoms with Crippen LogP contribution in [0.4, 0.5) is 0 Å². The predicted molar refractivity (Wildman–Crippen MR) is 82.5 cm³/mol. The highest BCUT2D eigenvalue weighted by Gasteiger charge is 2.24. The summed E-state index contributed by atoms with van der Waals surface area (Å²) >= 11 is 0. The summed E-state index contributed by atoms with van der Waals surface area (Å²) in [6.45, 7) is 3.57. The van der Waals surface area contributed by atoms with Crippen molar-refractivity contribution in [3.8, 4) is 0 Å². The van der Waals surface area contributed by atoms with Crippen LogP contribution in [0, 0.1) is 0 Å². The molecule has 0 spiro atoms. The number of pyridine rings is 1. The Hall–Kier alpha value is -1.50. The second-order valence-corrected chi connectivity index (χ2v) is 7.16. The first-order valence-corrected chi connectivity index (χ1v) is 8.39. The quantitative estimate of drug-likeness (QED) is 0.856. The normalized spacial score (nSPS) is 15.0. The van der Waals surface area contributed by atoms with Crippen LogP contribution in [0.15, 0.2) is 41.6 Å². The minimum absolute atomic E-state index is 0.00928. The molecule has 114 valence electrons. The lowest BCUT2D eigenvalue weighted by molar-refractivity contribution is 0.0554. The maximum absolute atomic E-state index is 12.5. The minimum atomic E-state index is -3.68. The van der Waals surface area contributed by atoms with Gasteiger partial charge < -0.3 is 5.11 Å². The lowest BCUT2D eigenvalue weighted by Gasteiger charge is -2.23. The average molecular weight is 308 g/mol. The second-order valence-electron chi connectivity index (χ2n) is 5.42. The molecule has 1 aromatic carbocycles. The van der Waals surface area contributed by atoms with Gasteiger partial charge in [0.25, 0.3) is 0 Å². The molecule has 0 aliphatic heterocycles. The molecule has 0 amide bonds. The third kappa shape index (κ3) is 3.78. The van der Waals surface area contributed by atoms with Crippen LogP contribution in [0.5, 0.6) is 0 Å². The Morgan fingerprint density at radius 1 is 1.33 bits per heavy atom. The molecule has 1 unspecified atom stereocenters. The molecule has 2 N–H and O–H groups in total. The van der Waals surface area contributed by atoms with E-state index in [9.17, 15) is 13.5 Å². The van der Waals surface area contributed by atoms with Crippen LogP contribution in [0.25, 0.3) is 10.8 Å². The average Bonchev–Trinajstić information content (AvgIpc) is 2.45. The first kappa shape index (κ1) is 15.9. The molecule has 21 heavy (non-hydrogen) atoms. The van der Waals surface area contributed by atoms with Crippen molar-refractivity contribution in [3.05, 3.63) is 36.7 Å². The third-order valence-electron chi connectivity index (χ3n) is 3.36. The smallest absolute Gasteiger partial charge is 0.241 e. The Balaban J connectivity index is 2.30. The van der Waals surface area contributed by atoms with Gasteiger partial charge in [-0.1, -0.05) is 25.5 Å². The van der Waals surface area contributed by atoms with Gasteiger partial charge >= 0.3 is 0 Å². The van der Waals surface area contributed by atoms with Crippen molar-refractivity contribution in [1.82, 2.24) is 9.71 Å². The summed E-state index contributed by atoms with van der Waals surface area (Å²) in [5.74, 6) is 0. The molecule has 1 aromatic heterocycles. The summed E-state index contributed by atoms with van der Waals surface area (Å²) in [4.78, 5) is 4.19. The minimum Gasteiger partial charge on any atom is -0.389 e. The summed E-state index contributed by atoms with van der Waals surface area (Å²) in [7, 11) is -3.68. The third-order valence-corrected chi connectivity index (χ3v) is 4.82. The van der Waals surface area contributed by atoms with Crippen molar-refractivity contribution in [1.29, 1.82) is 0 Å². The fraction of sp³-hybridized carbons (Fsp3) is 0.400. The van der Waals surface area contributed by atoms with Crippen molar-refractivity contribution in [2.24, 2.45) is 0 Å². The van der Waals surface area contributed by atoms with Crippen LogP contribution in [0.3, 0.4) is 0 Å². The highest BCUT2D eigenvalue weighted by Crippen LogP contribution is 2.22. The van der Waals surface area contributed by atoms with Crippen LogP contribution in [0.2, 0.25) is 0 Å². The lowest BCUT2D eigenvalue weighted by atomic mass is 10.0. The zero-order valence-electron chi connectivity index (χ0n) is 12.2. The summed E-state index contributed by atoms with van der Waals surface area (Å²) in [6, 6.07) is 6.73. The molecule has 6 heteroatoms. The molecule has 2 aromatic rings. The molecule has 0 radical (unpaired) electrons. The van der Waals surface area contributed by atoms with Crippen molar-refractivity contribution in [3.63, 3.8) is 0 Å². The summed E-state index contributed by atoms with van der Waals surface area (Å²) in [6.07, 6.45) is 4.51. The van der Waals surface area contributed by atoms with Gasteiger partial charge in [-0.2, -0.15) is 0 Å². The zero-order valence-corrected chi connectivity index (χ0v) is 13.0. The van der Waals surface area contributed by atoms with E-state index < -0.39 is 15.6 Å². The van der Waals surface area contributed by atoms with Crippen LogP contribution < -0.4 is 4.72 Å². The largest absolute Gasteiger partial charge is 0.389 e. The van der Waals surface area contributed by atoms with Gasteiger partial charge in [0.2, 0.25) is 10.0 Å². The maximum atomic E-state index is 12.5. The van der Waals surface area contributed by atoms with E-state index in [1.165, 1.54) is 0 Å². The van der Waals surface area contributed by atoms with Gasteiger partial charge in [-0.25, -0.2) is 13.1 Å². The maximum Gasteiger partial charge on any atom is 0.241 e. The fourth-order valence-corrected chi connectivity index (χ4v) is 3.67. The Bertz CT molecular complexity index is 721. The SMILES string of the molecule is CCCC(C)(O)CNS(=O)(=O)c1cccc2cnccc12. The molecular weight excluding hydrogens is 288 g/mol. The second kappa shape index (κ2) is 6.09. The molecule has 2 rings (SSSR count). The molecule has 0 aliphatic carbocycles. The van der Waals surface area contributed by atoms with E-state index in [4.69, 9.17) is 0 Å². The van der Waals surface area contributed by atoms with Gasteiger partial charge in [0.15, 0.2) is 0 Å². The Kier molecular flexibility index (Phi) is 4.61. The molecule has 1 heterocycles. The van der Waals surface area contributed by atoms with E-state index in [0.29, 0.717) is 11.8 Å². The van der Waals surface area contributed by atoms with E-state index in [0.717, 1.165) is 11.8 Å². The molecular formula is C15H20N2O3S. The van der Waals surface area contributed by atoms with Gasteiger partial charge in [0.05, 0.1) is 10.5 Å². The van der Waals surface area contributed by atoms with Crippen LogP contribution in [0.1, 0.15) is 26.7 Å². The number of hydrogen-bond donors (Lipinski definition) is 2. The molecule has 0 saturated heterocycles. The van der Waals surface area contributed by atoms with Gasteiger partial charge in [0.1, 0.15) is 0 Å². The number of aromatic nitrogens is 1. The van der Waals surface area contributed by atoms with Gasteiger partial charge in [-0.3, -0.25) is 4.98 Å². The van der Waals surface area contributed by atoms with Crippen LogP contribution in [-0.2, 0) is 10.0 Å². The number of benzene rings is 1. The summed E-state index contributed by atoms with van der Waals surface area (Å²) in [5, 5.41) is 11.5. The molecule has 5 nitrogen and oxygen atoms in total. The van der Waals surface area contributed by atoms with E-state index in [1.807, 2.05) is 13.0 Å². The zero-order chi connectivity index (χ0) is 15.5. The Morgan fingerprint density at radius 3 is 2.81 bits per heavy atom. The van der Waals surface area contributed by atoms with Gasteiger partial charge in [-0.15, -0.1) is 0 Å². The van der Waals surface area contributed by atoms with E-state index in [1.54, 1.807) is 37.5 Å². The first-order valence-electron chi connectivity index (χ1n) is 6.90. The number of aliphatic hydroxyl groups is 1. The van der Waals surface area contributed by atoms with Crippen LogP contribution in [-0.4, -0.2) is 30.7 Å². The van der Waals surface area contributed by atoms with Crippen molar-refractivity contribution in [2.75, 3.05) is 6.54 Å². The molecule has 1 atom stereocenters. The lowest BCUT2D eigenvalue weighted by Crippen LogP contribution is -2.40. The molecule has 0 saturated carbocycles. The van der Waals surface area contributed by atoms with E-state index in [-0.39, 0.29) is 11.4 Å². The fourth-order valence-electron chi connectivity index (χ4n) is 2.28. The predicted octanol–water partition coefficient (Wildman–Crippen LogP) is 2.06. The highest BCUT2D eigenvalue weighted by molar-refractivity contribution is 7.89. The monoisotopic (exact) mass is 308 g/mol. The topological polar surface area (TPSA) is 79.3 Å². The number of hydrogen-bond acceptors (Lipinski definition) is 4. The molecule has 0 aliphatic rings. The highest BCUT2D eigenvalue weighted by atomic mass is 32.2. The van der Waals surface area contributed by atoms with E-state index in [2.05, 4.69) is 9.71 Å². The Morgan fingerprint density at radius 2 is 2.10 bits per heavy atom.